The van der Waals surface area contributed by atoms with Crippen LogP contribution in [0.1, 0.15) is 58.3 Å². The van der Waals surface area contributed by atoms with Gasteiger partial charge >= 0.3 is 0 Å². The summed E-state index contributed by atoms with van der Waals surface area (Å²) in [5.74, 6) is 3.03. The van der Waals surface area contributed by atoms with Crippen LogP contribution in [0, 0.1) is 17.8 Å². The highest BCUT2D eigenvalue weighted by molar-refractivity contribution is 5.85. The molecule has 3 rings (SSSR count). The Kier molecular flexibility index (Phi) is 6.64. The zero-order chi connectivity index (χ0) is 13.1. The smallest absolute Gasteiger partial charge is 0.00915 e. The van der Waals surface area contributed by atoms with E-state index in [1.165, 1.54) is 77.5 Å². The molecule has 3 heteroatoms. The topological polar surface area (TPSA) is 15.3 Å². The van der Waals surface area contributed by atoms with Gasteiger partial charge in [-0.05, 0) is 75.9 Å². The Bertz CT molecular complexity index is 264. The average Bonchev–Trinajstić information content (AvgIpc) is 3.25. The molecule has 20 heavy (non-hydrogen) atoms. The molecule has 118 valence electrons. The minimum absolute atomic E-state index is 0. The van der Waals surface area contributed by atoms with E-state index in [0.717, 1.165) is 23.8 Å². The van der Waals surface area contributed by atoms with E-state index in [0.29, 0.717) is 0 Å². The summed E-state index contributed by atoms with van der Waals surface area (Å²) in [5, 5.41) is 3.79. The van der Waals surface area contributed by atoms with Gasteiger partial charge in [0.1, 0.15) is 0 Å². The number of nitrogens with one attached hydrogen (secondary N) is 1. The van der Waals surface area contributed by atoms with Crippen molar-refractivity contribution in [2.24, 2.45) is 17.8 Å². The number of hydrogen-bond donors (Lipinski definition) is 1. The summed E-state index contributed by atoms with van der Waals surface area (Å²) >= 11 is 0. The van der Waals surface area contributed by atoms with E-state index >= 15 is 0 Å². The fourth-order valence-corrected chi connectivity index (χ4v) is 3.85. The Morgan fingerprint density at radius 3 is 2.05 bits per heavy atom. The van der Waals surface area contributed by atoms with E-state index in [1.807, 2.05) is 0 Å². The molecule has 0 aromatic carbocycles. The lowest BCUT2D eigenvalue weighted by Gasteiger charge is -2.36. The minimum atomic E-state index is 0. The van der Waals surface area contributed by atoms with Crippen LogP contribution in [-0.4, -0.2) is 37.1 Å². The molecule has 0 spiro atoms. The predicted molar refractivity (Wildman–Crippen MR) is 88.6 cm³/mol. The Balaban J connectivity index is 0.00000147. The van der Waals surface area contributed by atoms with Crippen molar-refractivity contribution in [2.45, 2.75) is 64.3 Å². The molecule has 2 nitrogen and oxygen atoms in total. The van der Waals surface area contributed by atoms with E-state index in [1.54, 1.807) is 0 Å². The number of hydrogen-bond acceptors (Lipinski definition) is 2. The van der Waals surface area contributed by atoms with Gasteiger partial charge in [-0.2, -0.15) is 0 Å². The third-order valence-corrected chi connectivity index (χ3v) is 5.63. The van der Waals surface area contributed by atoms with Crippen LogP contribution < -0.4 is 5.32 Å². The van der Waals surface area contributed by atoms with Crippen molar-refractivity contribution >= 4 is 12.4 Å². The van der Waals surface area contributed by atoms with Gasteiger partial charge in [-0.1, -0.05) is 19.8 Å². The van der Waals surface area contributed by atoms with E-state index in [4.69, 9.17) is 0 Å². The highest BCUT2D eigenvalue weighted by Gasteiger charge is 2.26. The first-order valence-electron chi connectivity index (χ1n) is 8.75. The molecule has 2 aliphatic carbocycles. The van der Waals surface area contributed by atoms with Gasteiger partial charge in [0.25, 0.3) is 0 Å². The molecule has 1 saturated heterocycles. The number of likely N-dealkylation sites (tertiary alicyclic amines) is 1. The van der Waals surface area contributed by atoms with Crippen molar-refractivity contribution in [2.75, 3.05) is 26.2 Å². The molecule has 0 aromatic rings. The lowest BCUT2D eigenvalue weighted by atomic mass is 9.82. The van der Waals surface area contributed by atoms with Gasteiger partial charge in [0.15, 0.2) is 0 Å². The lowest BCUT2D eigenvalue weighted by molar-refractivity contribution is 0.146. The molecule has 0 atom stereocenters. The molecule has 1 aliphatic heterocycles. The maximum absolute atomic E-state index is 3.79. The molecule has 0 unspecified atom stereocenters. The van der Waals surface area contributed by atoms with Crippen LogP contribution in [0.5, 0.6) is 0 Å². The molecule has 0 aromatic heterocycles. The zero-order valence-corrected chi connectivity index (χ0v) is 14.0. The molecule has 3 aliphatic rings. The summed E-state index contributed by atoms with van der Waals surface area (Å²) in [6.07, 6.45) is 11.7. The molecule has 1 heterocycles. The SMILES string of the molecule is CC1CCC(CN2CCC(NCC3CC3)CC2)CC1.Cl. The fourth-order valence-electron chi connectivity index (χ4n) is 3.85. The molecule has 0 radical (unpaired) electrons. The number of halogens is 1. The summed E-state index contributed by atoms with van der Waals surface area (Å²) in [7, 11) is 0. The van der Waals surface area contributed by atoms with Crippen LogP contribution in [0.15, 0.2) is 0 Å². The monoisotopic (exact) mass is 300 g/mol. The maximum Gasteiger partial charge on any atom is 0.00915 e. The minimum Gasteiger partial charge on any atom is -0.314 e. The summed E-state index contributed by atoms with van der Waals surface area (Å²) < 4.78 is 0. The van der Waals surface area contributed by atoms with Gasteiger partial charge in [0.05, 0.1) is 0 Å². The average molecular weight is 301 g/mol. The first-order chi connectivity index (χ1) is 9.29. The number of rotatable bonds is 5. The van der Waals surface area contributed by atoms with E-state index in [2.05, 4.69) is 17.1 Å². The van der Waals surface area contributed by atoms with Crippen LogP contribution in [0.25, 0.3) is 0 Å². The van der Waals surface area contributed by atoms with Crippen LogP contribution in [0.4, 0.5) is 0 Å². The first kappa shape index (κ1) is 16.6. The highest BCUT2D eigenvalue weighted by Crippen LogP contribution is 2.30. The maximum atomic E-state index is 3.79. The Hall–Kier alpha value is 0.210. The highest BCUT2D eigenvalue weighted by atomic mass is 35.5. The van der Waals surface area contributed by atoms with Crippen molar-refractivity contribution in [1.29, 1.82) is 0 Å². The van der Waals surface area contributed by atoms with Crippen molar-refractivity contribution < 1.29 is 0 Å². The second-order valence-corrected chi connectivity index (χ2v) is 7.55. The number of piperidine rings is 1. The molecule has 3 fully saturated rings. The second-order valence-electron chi connectivity index (χ2n) is 7.55. The van der Waals surface area contributed by atoms with E-state index in [-0.39, 0.29) is 12.4 Å². The quantitative estimate of drug-likeness (QED) is 0.833. The molecule has 1 N–H and O–H groups in total. The first-order valence-corrected chi connectivity index (χ1v) is 8.75. The molecular weight excluding hydrogens is 268 g/mol. The fraction of sp³-hybridized carbons (Fsp3) is 1.00. The van der Waals surface area contributed by atoms with Crippen molar-refractivity contribution in [3.63, 3.8) is 0 Å². The van der Waals surface area contributed by atoms with Gasteiger partial charge < -0.3 is 10.2 Å². The van der Waals surface area contributed by atoms with E-state index in [9.17, 15) is 0 Å². The van der Waals surface area contributed by atoms with Crippen molar-refractivity contribution in [3.05, 3.63) is 0 Å². The normalized spacial score (nSPS) is 32.9. The van der Waals surface area contributed by atoms with Gasteiger partial charge in [0, 0.05) is 12.6 Å². The second kappa shape index (κ2) is 8.00. The molecule has 2 saturated carbocycles. The molecule has 0 bridgehead atoms. The van der Waals surface area contributed by atoms with Crippen LogP contribution in [0.3, 0.4) is 0 Å². The largest absolute Gasteiger partial charge is 0.314 e. The van der Waals surface area contributed by atoms with Gasteiger partial charge in [-0.25, -0.2) is 0 Å². The standard InChI is InChI=1S/C17H32N2.ClH/c1-14-2-4-16(5-3-14)13-19-10-8-17(9-11-19)18-12-15-6-7-15;/h14-18H,2-13H2,1H3;1H. The summed E-state index contributed by atoms with van der Waals surface area (Å²) in [6, 6.07) is 0.822. The Morgan fingerprint density at radius 1 is 0.850 bits per heavy atom. The Morgan fingerprint density at radius 2 is 1.45 bits per heavy atom. The van der Waals surface area contributed by atoms with Crippen LogP contribution in [-0.2, 0) is 0 Å². The third-order valence-electron chi connectivity index (χ3n) is 5.63. The zero-order valence-electron chi connectivity index (χ0n) is 13.2. The van der Waals surface area contributed by atoms with Gasteiger partial charge in [0.2, 0.25) is 0 Å². The van der Waals surface area contributed by atoms with Gasteiger partial charge in [-0.3, -0.25) is 0 Å². The summed E-state index contributed by atoms with van der Waals surface area (Å²) in [5.41, 5.74) is 0. The van der Waals surface area contributed by atoms with Crippen molar-refractivity contribution in [1.82, 2.24) is 10.2 Å². The van der Waals surface area contributed by atoms with Crippen LogP contribution >= 0.6 is 12.4 Å². The van der Waals surface area contributed by atoms with E-state index < -0.39 is 0 Å². The third kappa shape index (κ3) is 5.20. The lowest BCUT2D eigenvalue weighted by Crippen LogP contribution is -2.44. The predicted octanol–water partition coefficient (Wildman–Crippen LogP) is 3.70. The molecule has 0 amide bonds. The summed E-state index contributed by atoms with van der Waals surface area (Å²) in [6.45, 7) is 7.79. The number of nitrogens with zero attached hydrogens (tertiary/aromatic N) is 1. The molecular formula is C17H33ClN2. The van der Waals surface area contributed by atoms with Gasteiger partial charge in [-0.15, -0.1) is 12.4 Å². The Labute approximate surface area is 131 Å². The summed E-state index contributed by atoms with van der Waals surface area (Å²) in [4.78, 5) is 2.75. The van der Waals surface area contributed by atoms with Crippen molar-refractivity contribution in [3.8, 4) is 0 Å². The van der Waals surface area contributed by atoms with Crippen LogP contribution in [0.2, 0.25) is 0 Å².